The van der Waals surface area contributed by atoms with Gasteiger partial charge in [0.1, 0.15) is 5.82 Å². The van der Waals surface area contributed by atoms with E-state index < -0.39 is 51.7 Å². The van der Waals surface area contributed by atoms with E-state index in [9.17, 15) is 31.9 Å². The fraction of sp³-hybridized carbons (Fsp3) is 0.389. The molecule has 2 aromatic rings. The van der Waals surface area contributed by atoms with Crippen molar-refractivity contribution in [1.82, 2.24) is 9.55 Å². The van der Waals surface area contributed by atoms with E-state index in [1.54, 1.807) is 13.8 Å². The number of nitrogens with zero attached hydrogens (tertiary/aromatic N) is 2. The molecule has 1 amide bonds. The number of anilines is 2. The van der Waals surface area contributed by atoms with E-state index in [2.05, 4.69) is 0 Å². The summed E-state index contributed by atoms with van der Waals surface area (Å²) in [4.78, 5) is 40.0. The SMILES string of the molecule is CCCCN(C(=O)c1cc(F)c(F)c(F)c1F)c1c(N)n(CCC)c(=O)[nH]c1=O. The van der Waals surface area contributed by atoms with Crippen LogP contribution in [0.15, 0.2) is 15.7 Å². The van der Waals surface area contributed by atoms with Crippen molar-refractivity contribution in [2.45, 2.75) is 39.7 Å². The van der Waals surface area contributed by atoms with Crippen LogP contribution in [0.25, 0.3) is 0 Å². The van der Waals surface area contributed by atoms with E-state index in [1.807, 2.05) is 4.98 Å². The molecule has 158 valence electrons. The smallest absolute Gasteiger partial charge is 0.330 e. The van der Waals surface area contributed by atoms with Gasteiger partial charge in [-0.05, 0) is 18.9 Å². The summed E-state index contributed by atoms with van der Waals surface area (Å²) in [5.74, 6) is -9.52. The Bertz CT molecular complexity index is 1050. The molecule has 3 N–H and O–H groups in total. The van der Waals surface area contributed by atoms with E-state index >= 15 is 0 Å². The van der Waals surface area contributed by atoms with Crippen molar-refractivity contribution in [3.05, 3.63) is 55.7 Å². The Kier molecular flexibility index (Phi) is 6.83. The number of aromatic nitrogens is 2. The zero-order chi connectivity index (χ0) is 21.9. The number of unbranched alkanes of at least 4 members (excludes halogenated alkanes) is 1. The predicted molar refractivity (Wildman–Crippen MR) is 98.9 cm³/mol. The molecule has 0 aliphatic rings. The second-order valence-corrected chi connectivity index (χ2v) is 6.30. The molecule has 0 bridgehead atoms. The fourth-order valence-electron chi connectivity index (χ4n) is 2.79. The van der Waals surface area contributed by atoms with Gasteiger partial charge in [0.25, 0.3) is 11.5 Å². The molecular weight excluding hydrogens is 396 g/mol. The average Bonchev–Trinajstić information content (AvgIpc) is 2.68. The molecular formula is C18H20F4N4O3. The number of halogens is 4. The van der Waals surface area contributed by atoms with Gasteiger partial charge in [0.05, 0.1) is 5.56 Å². The van der Waals surface area contributed by atoms with Crippen LogP contribution in [0.4, 0.5) is 29.1 Å². The second kappa shape index (κ2) is 8.93. The molecule has 0 aliphatic carbocycles. The summed E-state index contributed by atoms with van der Waals surface area (Å²) in [7, 11) is 0. The molecule has 2 rings (SSSR count). The Labute approximate surface area is 162 Å². The van der Waals surface area contributed by atoms with Crippen molar-refractivity contribution in [3.63, 3.8) is 0 Å². The number of nitrogens with two attached hydrogens (primary N) is 1. The molecule has 0 saturated heterocycles. The number of aromatic amines is 1. The number of rotatable bonds is 7. The minimum absolute atomic E-state index is 0.123. The van der Waals surface area contributed by atoms with Gasteiger partial charge in [0.2, 0.25) is 0 Å². The number of carbonyl (C=O) groups excluding carboxylic acids is 1. The second-order valence-electron chi connectivity index (χ2n) is 6.30. The minimum Gasteiger partial charge on any atom is -0.383 e. The number of carbonyl (C=O) groups is 1. The first kappa shape index (κ1) is 22.2. The first-order valence-corrected chi connectivity index (χ1v) is 8.93. The number of benzene rings is 1. The Morgan fingerprint density at radius 2 is 1.76 bits per heavy atom. The fourth-order valence-corrected chi connectivity index (χ4v) is 2.79. The monoisotopic (exact) mass is 416 g/mol. The maximum atomic E-state index is 14.2. The minimum atomic E-state index is -2.15. The summed E-state index contributed by atoms with van der Waals surface area (Å²) in [5, 5.41) is 0. The molecule has 0 unspecified atom stereocenters. The van der Waals surface area contributed by atoms with Crippen LogP contribution in [-0.2, 0) is 6.54 Å². The van der Waals surface area contributed by atoms with E-state index in [0.717, 1.165) is 9.47 Å². The molecule has 1 aromatic carbocycles. The van der Waals surface area contributed by atoms with Crippen LogP contribution in [0.2, 0.25) is 0 Å². The molecule has 0 atom stereocenters. The third kappa shape index (κ3) is 4.17. The molecule has 0 aliphatic heterocycles. The van der Waals surface area contributed by atoms with Gasteiger partial charge >= 0.3 is 5.69 Å². The highest BCUT2D eigenvalue weighted by atomic mass is 19.2. The van der Waals surface area contributed by atoms with Gasteiger partial charge in [0, 0.05) is 13.1 Å². The number of hydrogen-bond donors (Lipinski definition) is 2. The standard InChI is InChI=1S/C18H20F4N4O3/c1-3-5-7-25(14-15(23)26(6-4-2)18(29)24-16(14)27)17(28)9-8-10(19)12(21)13(22)11(9)20/h8H,3-7,23H2,1-2H3,(H,24,27,29). The number of nitrogen functional groups attached to an aromatic ring is 1. The quantitative estimate of drug-likeness (QED) is 0.411. The Morgan fingerprint density at radius 1 is 1.10 bits per heavy atom. The van der Waals surface area contributed by atoms with Crippen LogP contribution in [0.5, 0.6) is 0 Å². The van der Waals surface area contributed by atoms with Crippen LogP contribution in [0.1, 0.15) is 43.5 Å². The number of nitrogens with one attached hydrogen (secondary N) is 1. The molecule has 0 radical (unpaired) electrons. The van der Waals surface area contributed by atoms with Crippen LogP contribution in [-0.4, -0.2) is 22.0 Å². The number of amides is 1. The van der Waals surface area contributed by atoms with Gasteiger partial charge < -0.3 is 10.6 Å². The summed E-state index contributed by atoms with van der Waals surface area (Å²) in [6, 6.07) is 0.210. The van der Waals surface area contributed by atoms with Crippen molar-refractivity contribution in [2.75, 3.05) is 17.2 Å². The summed E-state index contributed by atoms with van der Waals surface area (Å²) in [6.45, 7) is 3.48. The Hall–Kier alpha value is -3.11. The molecule has 1 heterocycles. The van der Waals surface area contributed by atoms with Crippen LogP contribution in [0.3, 0.4) is 0 Å². The largest absolute Gasteiger partial charge is 0.383 e. The third-order valence-electron chi connectivity index (χ3n) is 4.24. The van der Waals surface area contributed by atoms with Crippen LogP contribution < -0.4 is 21.9 Å². The van der Waals surface area contributed by atoms with E-state index in [1.165, 1.54) is 0 Å². The predicted octanol–water partition coefficient (Wildman–Crippen LogP) is 2.53. The lowest BCUT2D eigenvalue weighted by molar-refractivity contribution is 0.0980. The zero-order valence-corrected chi connectivity index (χ0v) is 15.8. The lowest BCUT2D eigenvalue weighted by Gasteiger charge is -2.24. The van der Waals surface area contributed by atoms with Crippen molar-refractivity contribution >= 4 is 17.4 Å². The zero-order valence-electron chi connectivity index (χ0n) is 15.8. The molecule has 0 saturated carbocycles. The van der Waals surface area contributed by atoms with E-state index in [4.69, 9.17) is 5.73 Å². The van der Waals surface area contributed by atoms with Crippen molar-refractivity contribution in [2.24, 2.45) is 0 Å². The van der Waals surface area contributed by atoms with Crippen LogP contribution >= 0.6 is 0 Å². The average molecular weight is 416 g/mol. The van der Waals surface area contributed by atoms with Crippen molar-refractivity contribution in [3.8, 4) is 0 Å². The number of H-pyrrole nitrogens is 1. The van der Waals surface area contributed by atoms with Gasteiger partial charge in [-0.3, -0.25) is 19.1 Å². The van der Waals surface area contributed by atoms with Crippen molar-refractivity contribution < 1.29 is 22.4 Å². The Morgan fingerprint density at radius 3 is 2.34 bits per heavy atom. The van der Waals surface area contributed by atoms with Crippen molar-refractivity contribution in [1.29, 1.82) is 0 Å². The summed E-state index contributed by atoms with van der Waals surface area (Å²) < 4.78 is 55.6. The molecule has 1 aromatic heterocycles. The van der Waals surface area contributed by atoms with Crippen LogP contribution in [0, 0.1) is 23.3 Å². The number of hydrogen-bond acceptors (Lipinski definition) is 4. The van der Waals surface area contributed by atoms with Gasteiger partial charge in [-0.15, -0.1) is 0 Å². The molecule has 7 nitrogen and oxygen atoms in total. The molecule has 0 fully saturated rings. The maximum absolute atomic E-state index is 14.2. The van der Waals surface area contributed by atoms with E-state index in [0.29, 0.717) is 19.3 Å². The molecule has 29 heavy (non-hydrogen) atoms. The summed E-state index contributed by atoms with van der Waals surface area (Å²) in [5.41, 5.74) is 2.54. The Balaban J connectivity index is 2.71. The molecule has 0 spiro atoms. The van der Waals surface area contributed by atoms with Gasteiger partial charge in [-0.1, -0.05) is 20.3 Å². The lowest BCUT2D eigenvalue weighted by atomic mass is 10.1. The van der Waals surface area contributed by atoms with Gasteiger partial charge in [0.15, 0.2) is 29.0 Å². The lowest BCUT2D eigenvalue weighted by Crippen LogP contribution is -2.42. The topological polar surface area (TPSA) is 101 Å². The maximum Gasteiger partial charge on any atom is 0.330 e. The normalized spacial score (nSPS) is 11.0. The first-order chi connectivity index (χ1) is 13.6. The van der Waals surface area contributed by atoms with Gasteiger partial charge in [-0.25, -0.2) is 22.4 Å². The van der Waals surface area contributed by atoms with E-state index in [-0.39, 0.29) is 25.0 Å². The highest BCUT2D eigenvalue weighted by Gasteiger charge is 2.30. The molecule has 11 heteroatoms. The van der Waals surface area contributed by atoms with Gasteiger partial charge in [-0.2, -0.15) is 0 Å². The summed E-state index contributed by atoms with van der Waals surface area (Å²) >= 11 is 0. The highest BCUT2D eigenvalue weighted by molar-refractivity contribution is 6.07. The first-order valence-electron chi connectivity index (χ1n) is 8.93. The highest BCUT2D eigenvalue weighted by Crippen LogP contribution is 2.24. The third-order valence-corrected chi connectivity index (χ3v) is 4.24. The summed E-state index contributed by atoms with van der Waals surface area (Å²) in [6.07, 6.45) is 1.34.